The van der Waals surface area contributed by atoms with E-state index >= 15 is 0 Å². The van der Waals surface area contributed by atoms with E-state index in [1.165, 1.54) is 5.56 Å². The first-order valence-electron chi connectivity index (χ1n) is 7.13. The Labute approximate surface area is 132 Å². The molecule has 0 atom stereocenters. The molecule has 4 rings (SSSR count). The van der Waals surface area contributed by atoms with Crippen molar-refractivity contribution >= 4 is 11.6 Å². The molecule has 7 heteroatoms. The Bertz CT molecular complexity index is 806. The van der Waals surface area contributed by atoms with Gasteiger partial charge in [-0.1, -0.05) is 23.2 Å². The highest BCUT2D eigenvalue weighted by Crippen LogP contribution is 2.48. The van der Waals surface area contributed by atoms with Crippen molar-refractivity contribution in [3.8, 4) is 11.6 Å². The summed E-state index contributed by atoms with van der Waals surface area (Å²) in [5, 5.41) is 8.97. The fraction of sp³-hybridized carbons (Fsp3) is 0.333. The number of nitrogens with zero attached hydrogens (tertiary/aromatic N) is 5. The number of halogens is 1. The Morgan fingerprint density at radius 1 is 1.27 bits per heavy atom. The molecule has 0 saturated heterocycles. The van der Waals surface area contributed by atoms with E-state index in [0.717, 1.165) is 19.3 Å². The average Bonchev–Trinajstić information content (AvgIpc) is 3.06. The van der Waals surface area contributed by atoms with Crippen LogP contribution in [-0.2, 0) is 12.5 Å². The van der Waals surface area contributed by atoms with Gasteiger partial charge in [0.1, 0.15) is 0 Å². The van der Waals surface area contributed by atoms with Gasteiger partial charge in [0.25, 0.3) is 5.89 Å². The minimum Gasteiger partial charge on any atom is -0.332 e. The summed E-state index contributed by atoms with van der Waals surface area (Å²) < 4.78 is 7.04. The van der Waals surface area contributed by atoms with Gasteiger partial charge in [-0.2, -0.15) is 10.1 Å². The van der Waals surface area contributed by atoms with Crippen LogP contribution in [0.3, 0.4) is 0 Å². The molecule has 6 nitrogen and oxygen atoms in total. The zero-order chi connectivity index (χ0) is 15.2. The van der Waals surface area contributed by atoms with Gasteiger partial charge in [-0.25, -0.2) is 0 Å². The zero-order valence-corrected chi connectivity index (χ0v) is 12.8. The molecule has 3 aromatic rings. The summed E-state index contributed by atoms with van der Waals surface area (Å²) in [5.74, 6) is 1.06. The Morgan fingerprint density at radius 3 is 2.64 bits per heavy atom. The molecule has 22 heavy (non-hydrogen) atoms. The fourth-order valence-electron chi connectivity index (χ4n) is 2.96. The van der Waals surface area contributed by atoms with Crippen molar-refractivity contribution in [2.75, 3.05) is 0 Å². The van der Waals surface area contributed by atoms with Gasteiger partial charge >= 0.3 is 0 Å². The highest BCUT2D eigenvalue weighted by atomic mass is 35.5. The van der Waals surface area contributed by atoms with E-state index in [1.807, 2.05) is 12.1 Å². The fourth-order valence-corrected chi connectivity index (χ4v) is 3.22. The Morgan fingerprint density at radius 2 is 2.05 bits per heavy atom. The summed E-state index contributed by atoms with van der Waals surface area (Å²) in [6.07, 6.45) is 8.47. The summed E-state index contributed by atoms with van der Waals surface area (Å²) in [6.45, 7) is 0. The smallest absolute Gasteiger partial charge is 0.280 e. The summed E-state index contributed by atoms with van der Waals surface area (Å²) in [5.41, 5.74) is 1.52. The number of rotatable bonds is 3. The van der Waals surface area contributed by atoms with Gasteiger partial charge < -0.3 is 4.52 Å². The lowest BCUT2D eigenvalue weighted by Gasteiger charge is -2.39. The van der Waals surface area contributed by atoms with Crippen LogP contribution in [0.15, 0.2) is 35.2 Å². The van der Waals surface area contributed by atoms with Gasteiger partial charge in [0, 0.05) is 25.6 Å². The number of hydrogen-bond donors (Lipinski definition) is 0. The van der Waals surface area contributed by atoms with Crippen molar-refractivity contribution in [3.05, 3.63) is 47.1 Å². The average molecular weight is 316 g/mol. The van der Waals surface area contributed by atoms with Crippen molar-refractivity contribution in [1.29, 1.82) is 0 Å². The molecule has 0 aromatic carbocycles. The lowest BCUT2D eigenvalue weighted by Crippen LogP contribution is -2.36. The minimum absolute atomic E-state index is 0.175. The zero-order valence-electron chi connectivity index (χ0n) is 12.0. The van der Waals surface area contributed by atoms with Crippen LogP contribution in [0, 0.1) is 0 Å². The number of aromatic nitrogens is 5. The Balaban J connectivity index is 1.76. The molecule has 0 spiro atoms. The van der Waals surface area contributed by atoms with Gasteiger partial charge in [-0.05, 0) is 30.5 Å². The summed E-state index contributed by atoms with van der Waals surface area (Å²) in [7, 11) is 1.80. The minimum atomic E-state index is -0.175. The van der Waals surface area contributed by atoms with Crippen LogP contribution in [0.4, 0.5) is 0 Å². The predicted octanol–water partition coefficient (Wildman–Crippen LogP) is 2.99. The second-order valence-electron chi connectivity index (χ2n) is 5.59. The van der Waals surface area contributed by atoms with Crippen LogP contribution in [-0.4, -0.2) is 24.9 Å². The molecule has 0 amide bonds. The molecule has 0 unspecified atom stereocenters. The maximum Gasteiger partial charge on any atom is 0.280 e. The summed E-state index contributed by atoms with van der Waals surface area (Å²) >= 11 is 6.15. The number of aryl methyl sites for hydroxylation is 1. The van der Waals surface area contributed by atoms with E-state index in [9.17, 15) is 0 Å². The van der Waals surface area contributed by atoms with E-state index in [4.69, 9.17) is 16.1 Å². The van der Waals surface area contributed by atoms with Crippen LogP contribution in [0.1, 0.15) is 30.7 Å². The second kappa shape index (κ2) is 4.91. The number of pyridine rings is 1. The van der Waals surface area contributed by atoms with Crippen molar-refractivity contribution in [3.63, 3.8) is 0 Å². The molecule has 1 aliphatic rings. The molecule has 3 heterocycles. The van der Waals surface area contributed by atoms with Crippen molar-refractivity contribution in [1.82, 2.24) is 24.9 Å². The quantitative estimate of drug-likeness (QED) is 0.743. The molecular weight excluding hydrogens is 302 g/mol. The van der Waals surface area contributed by atoms with Gasteiger partial charge in [0.05, 0.1) is 10.4 Å². The molecule has 0 N–H and O–H groups in total. The second-order valence-corrected chi connectivity index (χ2v) is 6.00. The maximum absolute atomic E-state index is 6.15. The van der Waals surface area contributed by atoms with Crippen LogP contribution in [0.25, 0.3) is 11.6 Å². The lowest BCUT2D eigenvalue weighted by molar-refractivity contribution is 0.272. The van der Waals surface area contributed by atoms with E-state index in [1.54, 1.807) is 30.3 Å². The SMILES string of the molecule is Cn1cc(Cl)c(-c2nc(C3(c4ccncc4)CCC3)no2)n1. The normalized spacial score (nSPS) is 16.5. The molecule has 0 aliphatic heterocycles. The van der Waals surface area contributed by atoms with E-state index < -0.39 is 0 Å². The summed E-state index contributed by atoms with van der Waals surface area (Å²) in [4.78, 5) is 8.65. The van der Waals surface area contributed by atoms with Crippen molar-refractivity contribution in [2.24, 2.45) is 7.05 Å². The maximum atomic E-state index is 6.15. The lowest BCUT2D eigenvalue weighted by atomic mass is 9.64. The van der Waals surface area contributed by atoms with Crippen molar-refractivity contribution < 1.29 is 4.52 Å². The number of hydrogen-bond acceptors (Lipinski definition) is 5. The molecule has 0 bridgehead atoms. The van der Waals surface area contributed by atoms with Crippen LogP contribution in [0.5, 0.6) is 0 Å². The van der Waals surface area contributed by atoms with Crippen molar-refractivity contribution in [2.45, 2.75) is 24.7 Å². The molecule has 1 aliphatic carbocycles. The predicted molar refractivity (Wildman–Crippen MR) is 80.4 cm³/mol. The molecule has 1 fully saturated rings. The van der Waals surface area contributed by atoms with E-state index in [0.29, 0.717) is 22.4 Å². The topological polar surface area (TPSA) is 69.6 Å². The first kappa shape index (κ1) is 13.5. The molecule has 1 saturated carbocycles. The third kappa shape index (κ3) is 1.94. The van der Waals surface area contributed by atoms with E-state index in [2.05, 4.69) is 20.2 Å². The van der Waals surface area contributed by atoms with Gasteiger partial charge in [-0.3, -0.25) is 9.67 Å². The van der Waals surface area contributed by atoms with Crippen LogP contribution < -0.4 is 0 Å². The summed E-state index contributed by atoms with van der Waals surface area (Å²) in [6, 6.07) is 4.03. The Hall–Kier alpha value is -2.21. The Kier molecular flexibility index (Phi) is 3.00. The highest BCUT2D eigenvalue weighted by molar-refractivity contribution is 6.32. The molecule has 0 radical (unpaired) electrons. The monoisotopic (exact) mass is 315 g/mol. The molecule has 112 valence electrons. The van der Waals surface area contributed by atoms with E-state index in [-0.39, 0.29) is 5.41 Å². The third-order valence-corrected chi connectivity index (χ3v) is 4.56. The first-order chi connectivity index (χ1) is 10.7. The third-order valence-electron chi connectivity index (χ3n) is 4.28. The largest absolute Gasteiger partial charge is 0.332 e. The van der Waals surface area contributed by atoms with Gasteiger partial charge in [0.2, 0.25) is 0 Å². The van der Waals surface area contributed by atoms with Crippen LogP contribution in [0.2, 0.25) is 5.02 Å². The van der Waals surface area contributed by atoms with Gasteiger partial charge in [-0.15, -0.1) is 0 Å². The first-order valence-corrected chi connectivity index (χ1v) is 7.51. The van der Waals surface area contributed by atoms with Gasteiger partial charge in [0.15, 0.2) is 11.5 Å². The standard InChI is InChI=1S/C15H14ClN5O/c1-21-9-11(16)12(19-21)13-18-14(20-22-13)15(5-2-6-15)10-3-7-17-8-4-10/h3-4,7-9H,2,5-6H2,1H3. The molecular formula is C15H14ClN5O. The molecule has 3 aromatic heterocycles. The highest BCUT2D eigenvalue weighted by Gasteiger charge is 2.44. The van der Waals surface area contributed by atoms with Crippen LogP contribution >= 0.6 is 11.6 Å².